The van der Waals surface area contributed by atoms with Crippen LogP contribution in [-0.2, 0) is 16.1 Å². The summed E-state index contributed by atoms with van der Waals surface area (Å²) in [7, 11) is 0. The molecule has 1 atom stereocenters. The van der Waals surface area contributed by atoms with E-state index in [9.17, 15) is 32.3 Å². The first-order valence-electron chi connectivity index (χ1n) is 9.51. The number of imide groups is 1. The van der Waals surface area contributed by atoms with E-state index in [2.05, 4.69) is 10.6 Å². The van der Waals surface area contributed by atoms with Crippen LogP contribution in [-0.4, -0.2) is 58.9 Å². The zero-order valence-electron chi connectivity index (χ0n) is 15.8. The van der Waals surface area contributed by atoms with Gasteiger partial charge in [-0.1, -0.05) is 0 Å². The van der Waals surface area contributed by atoms with E-state index in [1.807, 2.05) is 0 Å². The first kappa shape index (κ1) is 20.2. The van der Waals surface area contributed by atoms with Crippen LogP contribution in [0.1, 0.15) is 35.2 Å². The molecule has 3 aliphatic heterocycles. The summed E-state index contributed by atoms with van der Waals surface area (Å²) >= 11 is 0. The van der Waals surface area contributed by atoms with Crippen LogP contribution in [0.3, 0.4) is 0 Å². The van der Waals surface area contributed by atoms with Gasteiger partial charge in [0.25, 0.3) is 5.91 Å². The van der Waals surface area contributed by atoms with E-state index in [1.165, 1.54) is 15.9 Å². The number of nitrogens with zero attached hydrogens (tertiary/aromatic N) is 2. The van der Waals surface area contributed by atoms with Gasteiger partial charge in [0.05, 0.1) is 0 Å². The van der Waals surface area contributed by atoms with Crippen molar-refractivity contribution in [1.82, 2.24) is 15.1 Å². The lowest BCUT2D eigenvalue weighted by molar-refractivity contribution is -0.153. The van der Waals surface area contributed by atoms with Gasteiger partial charge in [0.15, 0.2) is 0 Å². The summed E-state index contributed by atoms with van der Waals surface area (Å²) in [5, 5.41) is 4.86. The quantitative estimate of drug-likeness (QED) is 0.724. The average molecular weight is 424 g/mol. The molecular weight excluding hydrogens is 405 g/mol. The lowest BCUT2D eigenvalue weighted by atomic mass is 9.96. The molecule has 1 unspecified atom stereocenters. The van der Waals surface area contributed by atoms with Gasteiger partial charge in [-0.3, -0.25) is 19.7 Å². The number of halogens is 3. The first-order chi connectivity index (χ1) is 14.1. The molecule has 2 N–H and O–H groups in total. The minimum atomic E-state index is -4.24. The molecule has 2 fully saturated rings. The zero-order valence-corrected chi connectivity index (χ0v) is 15.8. The van der Waals surface area contributed by atoms with Crippen LogP contribution in [0.4, 0.5) is 23.7 Å². The maximum atomic E-state index is 12.6. The molecule has 0 bridgehead atoms. The number of amides is 5. The molecule has 3 aliphatic rings. The summed E-state index contributed by atoms with van der Waals surface area (Å²) in [5.74, 6) is -1.79. The number of benzene rings is 1. The number of fused-ring (bicyclic) bond motifs is 1. The van der Waals surface area contributed by atoms with Crippen molar-refractivity contribution in [2.45, 2.75) is 38.0 Å². The Morgan fingerprint density at radius 3 is 2.60 bits per heavy atom. The third-order valence-electron chi connectivity index (χ3n) is 5.54. The fraction of sp³-hybridized carbons (Fsp3) is 0.474. The Hall–Kier alpha value is -3.11. The molecule has 160 valence electrons. The molecule has 0 aliphatic carbocycles. The van der Waals surface area contributed by atoms with E-state index < -0.39 is 36.5 Å². The van der Waals surface area contributed by atoms with E-state index in [0.29, 0.717) is 16.8 Å². The number of urea groups is 1. The molecule has 0 spiro atoms. The van der Waals surface area contributed by atoms with Crippen molar-refractivity contribution >= 4 is 29.4 Å². The number of hydrogen-bond acceptors (Lipinski definition) is 4. The van der Waals surface area contributed by atoms with Crippen LogP contribution in [0.2, 0.25) is 0 Å². The Balaban J connectivity index is 1.37. The predicted molar refractivity (Wildman–Crippen MR) is 97.2 cm³/mol. The van der Waals surface area contributed by atoms with Crippen molar-refractivity contribution in [2.24, 2.45) is 5.92 Å². The fourth-order valence-electron chi connectivity index (χ4n) is 4.05. The molecule has 0 saturated carbocycles. The van der Waals surface area contributed by atoms with Crippen molar-refractivity contribution in [1.29, 1.82) is 0 Å². The molecule has 8 nitrogen and oxygen atoms in total. The summed E-state index contributed by atoms with van der Waals surface area (Å²) in [4.78, 5) is 51.0. The third-order valence-corrected chi connectivity index (χ3v) is 5.54. The smallest absolute Gasteiger partial charge is 0.324 e. The summed E-state index contributed by atoms with van der Waals surface area (Å²) in [6, 6.07) is 3.47. The van der Waals surface area contributed by atoms with Crippen molar-refractivity contribution < 1.29 is 32.3 Å². The number of hydrogen-bond donors (Lipinski definition) is 2. The van der Waals surface area contributed by atoms with E-state index >= 15 is 0 Å². The van der Waals surface area contributed by atoms with Crippen LogP contribution in [0.25, 0.3) is 0 Å². The predicted octanol–water partition coefficient (Wildman–Crippen LogP) is 1.86. The monoisotopic (exact) mass is 424 g/mol. The van der Waals surface area contributed by atoms with Gasteiger partial charge in [-0.15, -0.1) is 0 Å². The van der Waals surface area contributed by atoms with Gasteiger partial charge in [-0.05, 0) is 30.2 Å². The Kier molecular flexibility index (Phi) is 4.91. The molecule has 4 rings (SSSR count). The number of carbonyl (C=O) groups excluding carboxylic acids is 4. The number of likely N-dealkylation sites (tertiary alicyclic amines) is 1. The Labute approximate surface area is 169 Å². The van der Waals surface area contributed by atoms with Crippen LogP contribution in [0.5, 0.6) is 0 Å². The fourth-order valence-corrected chi connectivity index (χ4v) is 4.05. The van der Waals surface area contributed by atoms with Gasteiger partial charge in [0.1, 0.15) is 6.04 Å². The highest BCUT2D eigenvalue weighted by atomic mass is 19.4. The molecule has 0 aromatic heterocycles. The average Bonchev–Trinajstić information content (AvgIpc) is 2.93. The normalized spacial score (nSPS) is 22.0. The number of alkyl halides is 3. The van der Waals surface area contributed by atoms with E-state index in [-0.39, 0.29) is 44.3 Å². The van der Waals surface area contributed by atoms with E-state index in [1.54, 1.807) is 12.1 Å². The molecule has 11 heteroatoms. The van der Waals surface area contributed by atoms with Gasteiger partial charge in [0.2, 0.25) is 11.8 Å². The summed E-state index contributed by atoms with van der Waals surface area (Å²) < 4.78 is 37.1. The van der Waals surface area contributed by atoms with Gasteiger partial charge >= 0.3 is 12.2 Å². The highest BCUT2D eigenvalue weighted by Crippen LogP contribution is 2.32. The maximum Gasteiger partial charge on any atom is 0.389 e. The topological polar surface area (TPSA) is 98.8 Å². The van der Waals surface area contributed by atoms with Crippen LogP contribution in [0, 0.1) is 5.92 Å². The number of nitrogens with one attached hydrogen (secondary N) is 2. The Bertz CT molecular complexity index is 927. The first-order valence-corrected chi connectivity index (χ1v) is 9.51. The second kappa shape index (κ2) is 7.29. The zero-order chi connectivity index (χ0) is 21.6. The highest BCUT2D eigenvalue weighted by molar-refractivity contribution is 6.05. The van der Waals surface area contributed by atoms with Crippen molar-refractivity contribution in [2.75, 3.05) is 18.4 Å². The SMILES string of the molecule is O=C1CCC(N2Cc3cc(NC(=O)N4CC(CC(F)(F)F)C4)ccc3C2=O)C(=O)N1. The van der Waals surface area contributed by atoms with E-state index in [0.717, 1.165) is 0 Å². The Morgan fingerprint density at radius 2 is 1.93 bits per heavy atom. The third kappa shape index (κ3) is 3.96. The minimum Gasteiger partial charge on any atom is -0.324 e. The molecule has 30 heavy (non-hydrogen) atoms. The maximum absolute atomic E-state index is 12.6. The Morgan fingerprint density at radius 1 is 1.20 bits per heavy atom. The van der Waals surface area contributed by atoms with Gasteiger partial charge < -0.3 is 15.1 Å². The molecule has 3 heterocycles. The van der Waals surface area contributed by atoms with Gasteiger partial charge in [0, 0.05) is 49.6 Å². The highest BCUT2D eigenvalue weighted by Gasteiger charge is 2.41. The van der Waals surface area contributed by atoms with Crippen molar-refractivity contribution in [3.8, 4) is 0 Å². The van der Waals surface area contributed by atoms with Crippen LogP contribution < -0.4 is 10.6 Å². The molecular formula is C19H19F3N4O4. The second-order valence-corrected chi connectivity index (χ2v) is 7.79. The summed E-state index contributed by atoms with van der Waals surface area (Å²) in [6.07, 6.45) is -4.74. The van der Waals surface area contributed by atoms with Gasteiger partial charge in [-0.2, -0.15) is 13.2 Å². The lowest BCUT2D eigenvalue weighted by Gasteiger charge is -2.39. The molecule has 1 aromatic rings. The van der Waals surface area contributed by atoms with Crippen LogP contribution >= 0.6 is 0 Å². The number of piperidine rings is 1. The molecule has 0 radical (unpaired) electrons. The minimum absolute atomic E-state index is 0.0397. The number of carbonyl (C=O) groups is 4. The van der Waals surface area contributed by atoms with Gasteiger partial charge in [-0.25, -0.2) is 4.79 Å². The lowest BCUT2D eigenvalue weighted by Crippen LogP contribution is -2.52. The summed E-state index contributed by atoms with van der Waals surface area (Å²) in [6.45, 7) is 0.248. The van der Waals surface area contributed by atoms with Crippen molar-refractivity contribution in [3.63, 3.8) is 0 Å². The molecule has 2 saturated heterocycles. The molecule has 1 aromatic carbocycles. The van der Waals surface area contributed by atoms with Crippen molar-refractivity contribution in [3.05, 3.63) is 29.3 Å². The summed E-state index contributed by atoms with van der Waals surface area (Å²) in [5.41, 5.74) is 1.45. The largest absolute Gasteiger partial charge is 0.389 e. The van der Waals surface area contributed by atoms with Crippen LogP contribution in [0.15, 0.2) is 18.2 Å². The number of rotatable bonds is 3. The standard InChI is InChI=1S/C19H19F3N4O4/c20-19(21,22)6-10-7-25(8-10)18(30)23-12-1-2-13-11(5-12)9-26(17(13)29)14-3-4-15(27)24-16(14)28/h1-2,5,10,14H,3-4,6-9H2,(H,23,30)(H,24,27,28). The second-order valence-electron chi connectivity index (χ2n) is 7.79. The molecule has 5 amide bonds. The van der Waals surface area contributed by atoms with E-state index in [4.69, 9.17) is 0 Å². The number of anilines is 1.